The molecule has 0 aromatic carbocycles. The summed E-state index contributed by atoms with van der Waals surface area (Å²) < 4.78 is 0. The van der Waals surface area contributed by atoms with Crippen LogP contribution in [0.25, 0.3) is 0 Å². The highest BCUT2D eigenvalue weighted by atomic mass is 16.2. The van der Waals surface area contributed by atoms with E-state index in [-0.39, 0.29) is 5.91 Å². The van der Waals surface area contributed by atoms with E-state index in [0.29, 0.717) is 18.7 Å². The molecule has 0 saturated carbocycles. The molecule has 1 atom stereocenters. The van der Waals surface area contributed by atoms with Gasteiger partial charge in [0.25, 0.3) is 0 Å². The summed E-state index contributed by atoms with van der Waals surface area (Å²) in [6.45, 7) is 8.16. The summed E-state index contributed by atoms with van der Waals surface area (Å²) in [6, 6.07) is 0.754. The highest BCUT2D eigenvalue weighted by Gasteiger charge is 2.13. The molecule has 0 bridgehead atoms. The maximum Gasteiger partial charge on any atom is 0.222 e. The lowest BCUT2D eigenvalue weighted by Crippen LogP contribution is -2.34. The molecule has 0 aliphatic heterocycles. The van der Waals surface area contributed by atoms with E-state index in [1.54, 1.807) is 0 Å². The smallest absolute Gasteiger partial charge is 0.222 e. The minimum atomic E-state index is 0.223. The maximum absolute atomic E-state index is 13.1. The van der Waals surface area contributed by atoms with Crippen LogP contribution in [0.15, 0.2) is 0 Å². The van der Waals surface area contributed by atoms with Crippen LogP contribution >= 0.6 is 0 Å². The third-order valence-corrected chi connectivity index (χ3v) is 10.9. The van der Waals surface area contributed by atoms with Crippen LogP contribution in [0.4, 0.5) is 0 Å². The Hall–Kier alpha value is -1.14. The van der Waals surface area contributed by atoms with Crippen molar-refractivity contribution in [1.82, 2.24) is 20.0 Å². The standard InChI is InChI=1S/C45H92N4O2/c1-7-9-10-11-12-13-14-15-16-21-24-27-32-38-45(51)49(42-35-40-47(3)4)41-34-29-28-33-39-46-44(50)37-31-26-23-20-18-17-19-22-25-30-36-43(8-2)48(5)6/h43H,7-42H2,1-6H3,(H,46,50). The Morgan fingerprint density at radius 2 is 0.902 bits per heavy atom. The minimum Gasteiger partial charge on any atom is -0.356 e. The van der Waals surface area contributed by atoms with E-state index in [0.717, 1.165) is 77.2 Å². The van der Waals surface area contributed by atoms with Crippen LogP contribution in [0.1, 0.15) is 219 Å². The molecule has 0 aromatic rings. The van der Waals surface area contributed by atoms with Crippen molar-refractivity contribution < 1.29 is 9.59 Å². The monoisotopic (exact) mass is 721 g/mol. The van der Waals surface area contributed by atoms with Crippen LogP contribution in [0, 0.1) is 0 Å². The number of carbonyl (C=O) groups excluding carboxylic acids is 2. The van der Waals surface area contributed by atoms with E-state index in [1.165, 1.54) is 148 Å². The molecule has 0 rings (SSSR count). The first-order chi connectivity index (χ1) is 24.8. The second kappa shape index (κ2) is 38.6. The van der Waals surface area contributed by atoms with Crippen molar-refractivity contribution >= 4 is 11.8 Å². The summed E-state index contributed by atoms with van der Waals surface area (Å²) in [5.41, 5.74) is 0. The molecule has 0 aliphatic rings. The average molecular weight is 721 g/mol. The zero-order valence-corrected chi connectivity index (χ0v) is 35.7. The Bertz CT molecular complexity index is 744. The van der Waals surface area contributed by atoms with Gasteiger partial charge in [-0.15, -0.1) is 0 Å². The third kappa shape index (κ3) is 35.6. The van der Waals surface area contributed by atoms with Gasteiger partial charge in [0.1, 0.15) is 0 Å². The van der Waals surface area contributed by atoms with Crippen LogP contribution in [0.2, 0.25) is 0 Å². The van der Waals surface area contributed by atoms with Gasteiger partial charge < -0.3 is 20.0 Å². The lowest BCUT2D eigenvalue weighted by Gasteiger charge is -2.24. The topological polar surface area (TPSA) is 55.9 Å². The quantitative estimate of drug-likeness (QED) is 0.0640. The fourth-order valence-corrected chi connectivity index (χ4v) is 7.40. The number of hydrogen-bond acceptors (Lipinski definition) is 4. The minimum absolute atomic E-state index is 0.223. The lowest BCUT2D eigenvalue weighted by molar-refractivity contribution is -0.131. The zero-order valence-electron chi connectivity index (χ0n) is 35.7. The summed E-state index contributed by atoms with van der Waals surface area (Å²) >= 11 is 0. The zero-order chi connectivity index (χ0) is 37.6. The molecule has 6 heteroatoms. The average Bonchev–Trinajstić information content (AvgIpc) is 3.10. The van der Waals surface area contributed by atoms with Gasteiger partial charge in [0.15, 0.2) is 0 Å². The van der Waals surface area contributed by atoms with E-state index >= 15 is 0 Å². The van der Waals surface area contributed by atoms with Gasteiger partial charge in [-0.3, -0.25) is 9.59 Å². The Balaban J connectivity index is 3.81. The van der Waals surface area contributed by atoms with Gasteiger partial charge >= 0.3 is 0 Å². The Morgan fingerprint density at radius 3 is 1.39 bits per heavy atom. The van der Waals surface area contributed by atoms with E-state index in [4.69, 9.17) is 0 Å². The molecule has 304 valence electrons. The van der Waals surface area contributed by atoms with Crippen LogP contribution < -0.4 is 5.32 Å². The maximum atomic E-state index is 13.1. The van der Waals surface area contributed by atoms with Crippen molar-refractivity contribution in [3.8, 4) is 0 Å². The van der Waals surface area contributed by atoms with Gasteiger partial charge in [-0.1, -0.05) is 162 Å². The predicted octanol–water partition coefficient (Wildman–Crippen LogP) is 11.9. The summed E-state index contributed by atoms with van der Waals surface area (Å²) in [7, 11) is 8.63. The molecule has 1 N–H and O–H groups in total. The van der Waals surface area contributed by atoms with Gasteiger partial charge in [-0.2, -0.15) is 0 Å². The highest BCUT2D eigenvalue weighted by molar-refractivity contribution is 5.76. The first-order valence-corrected chi connectivity index (χ1v) is 22.7. The summed E-state index contributed by atoms with van der Waals surface area (Å²) in [6.07, 6.45) is 39.8. The predicted molar refractivity (Wildman–Crippen MR) is 225 cm³/mol. The molecular formula is C45H92N4O2. The number of nitrogens with zero attached hydrogens (tertiary/aromatic N) is 3. The van der Waals surface area contributed by atoms with E-state index in [9.17, 15) is 9.59 Å². The van der Waals surface area contributed by atoms with Crippen molar-refractivity contribution in [2.75, 3.05) is 54.4 Å². The molecule has 51 heavy (non-hydrogen) atoms. The number of carbonyl (C=O) groups is 2. The van der Waals surface area contributed by atoms with Crippen molar-refractivity contribution in [1.29, 1.82) is 0 Å². The molecule has 0 aromatic heterocycles. The number of amides is 2. The summed E-state index contributed by atoms with van der Waals surface area (Å²) in [4.78, 5) is 32.1. The number of nitrogens with one attached hydrogen (secondary N) is 1. The largest absolute Gasteiger partial charge is 0.356 e. The van der Waals surface area contributed by atoms with Crippen molar-refractivity contribution in [3.63, 3.8) is 0 Å². The fourth-order valence-electron chi connectivity index (χ4n) is 7.40. The van der Waals surface area contributed by atoms with E-state index < -0.39 is 0 Å². The SMILES string of the molecule is CCCCCCCCCCCCCCCC(=O)N(CCCCCCNC(=O)CCCCCCCCCCCCC(CC)N(C)C)CCCN(C)C. The van der Waals surface area contributed by atoms with Gasteiger partial charge in [0.2, 0.25) is 11.8 Å². The highest BCUT2D eigenvalue weighted by Crippen LogP contribution is 2.16. The molecule has 0 fully saturated rings. The Kier molecular flexibility index (Phi) is 37.7. The molecule has 2 amide bonds. The van der Waals surface area contributed by atoms with Crippen molar-refractivity contribution in [2.45, 2.75) is 225 Å². The van der Waals surface area contributed by atoms with Crippen LogP contribution in [0.3, 0.4) is 0 Å². The third-order valence-electron chi connectivity index (χ3n) is 10.9. The van der Waals surface area contributed by atoms with Gasteiger partial charge in [0.05, 0.1) is 0 Å². The molecular weight excluding hydrogens is 629 g/mol. The number of hydrogen-bond donors (Lipinski definition) is 1. The van der Waals surface area contributed by atoms with Crippen molar-refractivity contribution in [3.05, 3.63) is 0 Å². The molecule has 0 radical (unpaired) electrons. The first-order valence-electron chi connectivity index (χ1n) is 22.7. The van der Waals surface area contributed by atoms with E-state index in [1.807, 2.05) is 0 Å². The van der Waals surface area contributed by atoms with Crippen LogP contribution in [-0.4, -0.2) is 86.9 Å². The summed E-state index contributed by atoms with van der Waals surface area (Å²) in [5, 5.41) is 3.14. The molecule has 1 unspecified atom stereocenters. The Morgan fingerprint density at radius 1 is 0.471 bits per heavy atom. The fraction of sp³-hybridized carbons (Fsp3) is 0.956. The normalized spacial score (nSPS) is 12.2. The van der Waals surface area contributed by atoms with Gasteiger partial charge in [-0.05, 0) is 79.7 Å². The van der Waals surface area contributed by atoms with Gasteiger partial charge in [0, 0.05) is 38.5 Å². The lowest BCUT2D eigenvalue weighted by atomic mass is 10.0. The van der Waals surface area contributed by atoms with Crippen LogP contribution in [0.5, 0.6) is 0 Å². The van der Waals surface area contributed by atoms with Gasteiger partial charge in [-0.25, -0.2) is 0 Å². The molecule has 0 saturated heterocycles. The van der Waals surface area contributed by atoms with Crippen molar-refractivity contribution in [2.24, 2.45) is 0 Å². The molecule has 6 nitrogen and oxygen atoms in total. The first kappa shape index (κ1) is 49.9. The molecule has 0 aliphatic carbocycles. The number of rotatable bonds is 40. The second-order valence-corrected chi connectivity index (χ2v) is 16.4. The second-order valence-electron chi connectivity index (χ2n) is 16.4. The Labute approximate surface area is 320 Å². The van der Waals surface area contributed by atoms with Crippen LogP contribution in [-0.2, 0) is 9.59 Å². The molecule has 0 spiro atoms. The molecule has 0 heterocycles. The van der Waals surface area contributed by atoms with E-state index in [2.05, 4.69) is 62.1 Å². The number of unbranched alkanes of at least 4 members (excludes halogenated alkanes) is 24. The summed E-state index contributed by atoms with van der Waals surface area (Å²) in [5.74, 6) is 0.580.